The highest BCUT2D eigenvalue weighted by molar-refractivity contribution is 5.78. The molecule has 1 fully saturated rings. The van der Waals surface area contributed by atoms with E-state index in [1.165, 1.54) is 5.56 Å². The van der Waals surface area contributed by atoms with E-state index in [0.717, 1.165) is 48.5 Å². The van der Waals surface area contributed by atoms with Gasteiger partial charge >= 0.3 is 0 Å². The van der Waals surface area contributed by atoms with Crippen LogP contribution in [0.2, 0.25) is 0 Å². The number of carbonyl (C=O) groups is 1. The summed E-state index contributed by atoms with van der Waals surface area (Å²) in [5.74, 6) is 0.470. The van der Waals surface area contributed by atoms with E-state index in [0.29, 0.717) is 6.42 Å². The second-order valence-electron chi connectivity index (χ2n) is 8.56. The molecule has 7 heteroatoms. The molecule has 0 radical (unpaired) electrons. The van der Waals surface area contributed by atoms with Gasteiger partial charge in [-0.3, -0.25) is 9.48 Å². The minimum absolute atomic E-state index is 0.232. The number of aromatic nitrogens is 4. The molecule has 0 saturated carbocycles. The fraction of sp³-hybridized carbons (Fsp3) is 0.320. The SMILES string of the molecule is CC(CC(=O)N1CCN(c2cnn3cc(-c4cnn(C)c4)ccc23)CC1)c1ccccc1. The Hall–Kier alpha value is -3.61. The number of aryl methyl sites for hydroxylation is 1. The molecule has 4 aromatic rings. The highest BCUT2D eigenvalue weighted by Crippen LogP contribution is 2.27. The molecule has 7 nitrogen and oxygen atoms in total. The van der Waals surface area contributed by atoms with Crippen LogP contribution in [0.5, 0.6) is 0 Å². The zero-order valence-electron chi connectivity index (χ0n) is 18.6. The predicted molar refractivity (Wildman–Crippen MR) is 126 cm³/mol. The lowest BCUT2D eigenvalue weighted by Crippen LogP contribution is -2.49. The van der Waals surface area contributed by atoms with Crippen LogP contribution < -0.4 is 4.90 Å². The number of rotatable bonds is 5. The summed E-state index contributed by atoms with van der Waals surface area (Å²) in [7, 11) is 1.92. The summed E-state index contributed by atoms with van der Waals surface area (Å²) in [6, 6.07) is 14.5. The number of hydrogen-bond donors (Lipinski definition) is 0. The largest absolute Gasteiger partial charge is 0.365 e. The Labute approximate surface area is 187 Å². The van der Waals surface area contributed by atoms with Crippen molar-refractivity contribution in [3.63, 3.8) is 0 Å². The number of carbonyl (C=O) groups excluding carboxylic acids is 1. The van der Waals surface area contributed by atoms with Crippen LogP contribution in [-0.4, -0.2) is 56.4 Å². The zero-order chi connectivity index (χ0) is 22.1. The summed E-state index contributed by atoms with van der Waals surface area (Å²) in [5.41, 5.74) is 5.57. The monoisotopic (exact) mass is 428 g/mol. The van der Waals surface area contributed by atoms with Crippen molar-refractivity contribution in [1.82, 2.24) is 24.3 Å². The Morgan fingerprint density at radius 3 is 2.44 bits per heavy atom. The van der Waals surface area contributed by atoms with Crippen molar-refractivity contribution in [2.24, 2.45) is 7.05 Å². The minimum atomic E-state index is 0.232. The highest BCUT2D eigenvalue weighted by atomic mass is 16.2. The molecule has 32 heavy (non-hydrogen) atoms. The lowest BCUT2D eigenvalue weighted by molar-refractivity contribution is -0.131. The van der Waals surface area contributed by atoms with E-state index < -0.39 is 0 Å². The lowest BCUT2D eigenvalue weighted by atomic mass is 9.97. The molecular formula is C25H28N6O. The molecule has 1 aliphatic rings. The number of pyridine rings is 1. The number of nitrogens with zero attached hydrogens (tertiary/aromatic N) is 6. The summed E-state index contributed by atoms with van der Waals surface area (Å²) >= 11 is 0. The molecule has 164 valence electrons. The first-order valence-electron chi connectivity index (χ1n) is 11.1. The molecule has 1 saturated heterocycles. The standard InChI is InChI=1S/C25H28N6O/c1-19(20-6-4-3-5-7-20)14-25(32)30-12-10-29(11-13-30)24-16-27-31-18-21(8-9-23(24)31)22-15-26-28(2)17-22/h3-9,15-19H,10-14H2,1-2H3. The topological polar surface area (TPSA) is 58.7 Å². The smallest absolute Gasteiger partial charge is 0.223 e. The van der Waals surface area contributed by atoms with Gasteiger partial charge in [-0.1, -0.05) is 43.3 Å². The molecule has 4 heterocycles. The molecule has 5 rings (SSSR count). The van der Waals surface area contributed by atoms with E-state index in [1.807, 2.05) is 59.4 Å². The van der Waals surface area contributed by atoms with Gasteiger partial charge in [0.15, 0.2) is 0 Å². The van der Waals surface area contributed by atoms with Crippen LogP contribution in [0.15, 0.2) is 67.3 Å². The van der Waals surface area contributed by atoms with E-state index in [4.69, 9.17) is 0 Å². The maximum Gasteiger partial charge on any atom is 0.223 e. The molecule has 1 amide bonds. The number of fused-ring (bicyclic) bond motifs is 1. The third-order valence-corrected chi connectivity index (χ3v) is 6.36. The average Bonchev–Trinajstić information content (AvgIpc) is 3.45. The first kappa shape index (κ1) is 20.3. The molecule has 3 aromatic heterocycles. The molecular weight excluding hydrogens is 400 g/mol. The zero-order valence-corrected chi connectivity index (χ0v) is 18.6. The highest BCUT2D eigenvalue weighted by Gasteiger charge is 2.24. The Morgan fingerprint density at radius 2 is 1.72 bits per heavy atom. The summed E-state index contributed by atoms with van der Waals surface area (Å²) in [5, 5.41) is 8.84. The van der Waals surface area contributed by atoms with Crippen molar-refractivity contribution in [2.75, 3.05) is 31.1 Å². The van der Waals surface area contributed by atoms with Gasteiger partial charge in [-0.2, -0.15) is 10.2 Å². The Bertz CT molecular complexity index is 1220. The van der Waals surface area contributed by atoms with Crippen molar-refractivity contribution in [1.29, 1.82) is 0 Å². The van der Waals surface area contributed by atoms with E-state index in [2.05, 4.69) is 46.3 Å². The van der Waals surface area contributed by atoms with Crippen LogP contribution in [0, 0.1) is 0 Å². The van der Waals surface area contributed by atoms with E-state index in [9.17, 15) is 4.79 Å². The first-order valence-corrected chi connectivity index (χ1v) is 11.1. The van der Waals surface area contributed by atoms with Crippen molar-refractivity contribution >= 4 is 17.1 Å². The van der Waals surface area contributed by atoms with Crippen molar-refractivity contribution < 1.29 is 4.79 Å². The number of piperazine rings is 1. The van der Waals surface area contributed by atoms with Gasteiger partial charge in [0.25, 0.3) is 0 Å². The quantitative estimate of drug-likeness (QED) is 0.488. The Balaban J connectivity index is 1.23. The van der Waals surface area contributed by atoms with Gasteiger partial charge in [-0.15, -0.1) is 0 Å². The average molecular weight is 429 g/mol. The van der Waals surface area contributed by atoms with Crippen LogP contribution in [0.1, 0.15) is 24.8 Å². The van der Waals surface area contributed by atoms with Gasteiger partial charge in [-0.05, 0) is 17.5 Å². The fourth-order valence-corrected chi connectivity index (χ4v) is 4.44. The van der Waals surface area contributed by atoms with Crippen molar-refractivity contribution in [2.45, 2.75) is 19.3 Å². The predicted octanol–water partition coefficient (Wildman–Crippen LogP) is 3.58. The summed E-state index contributed by atoms with van der Waals surface area (Å²) in [6.07, 6.45) is 8.39. The van der Waals surface area contributed by atoms with Gasteiger partial charge in [0.05, 0.1) is 23.6 Å². The van der Waals surface area contributed by atoms with Crippen LogP contribution in [0.4, 0.5) is 5.69 Å². The molecule has 1 aromatic carbocycles. The molecule has 0 bridgehead atoms. The summed E-state index contributed by atoms with van der Waals surface area (Å²) < 4.78 is 3.73. The van der Waals surface area contributed by atoms with Crippen LogP contribution in [0.3, 0.4) is 0 Å². The van der Waals surface area contributed by atoms with Crippen LogP contribution in [0.25, 0.3) is 16.6 Å². The number of anilines is 1. The van der Waals surface area contributed by atoms with Crippen molar-refractivity contribution in [3.8, 4) is 11.1 Å². The Morgan fingerprint density at radius 1 is 0.938 bits per heavy atom. The number of amides is 1. The van der Waals surface area contributed by atoms with Crippen LogP contribution in [-0.2, 0) is 11.8 Å². The van der Waals surface area contributed by atoms with E-state index >= 15 is 0 Å². The van der Waals surface area contributed by atoms with E-state index in [1.54, 1.807) is 4.68 Å². The molecule has 0 aliphatic carbocycles. The van der Waals surface area contributed by atoms with Gasteiger partial charge in [0.1, 0.15) is 0 Å². The summed E-state index contributed by atoms with van der Waals surface area (Å²) in [6.45, 7) is 5.24. The maximum absolute atomic E-state index is 12.8. The van der Waals surface area contributed by atoms with Gasteiger partial charge < -0.3 is 9.80 Å². The summed E-state index contributed by atoms with van der Waals surface area (Å²) in [4.78, 5) is 17.2. The first-order chi connectivity index (χ1) is 15.6. The molecule has 1 aliphatic heterocycles. The minimum Gasteiger partial charge on any atom is -0.365 e. The molecule has 1 atom stereocenters. The third kappa shape index (κ3) is 3.98. The number of hydrogen-bond acceptors (Lipinski definition) is 4. The van der Waals surface area contributed by atoms with Gasteiger partial charge in [0, 0.05) is 63.2 Å². The van der Waals surface area contributed by atoms with Crippen molar-refractivity contribution in [3.05, 3.63) is 72.8 Å². The second kappa shape index (κ2) is 8.49. The van der Waals surface area contributed by atoms with Crippen LogP contribution >= 0.6 is 0 Å². The fourth-order valence-electron chi connectivity index (χ4n) is 4.44. The lowest BCUT2D eigenvalue weighted by Gasteiger charge is -2.36. The van der Waals surface area contributed by atoms with E-state index in [-0.39, 0.29) is 11.8 Å². The second-order valence-corrected chi connectivity index (χ2v) is 8.56. The maximum atomic E-state index is 12.8. The normalized spacial score (nSPS) is 15.3. The Kier molecular flexibility index (Phi) is 5.39. The molecule has 1 unspecified atom stereocenters. The number of benzene rings is 1. The molecule has 0 N–H and O–H groups in total. The molecule has 0 spiro atoms. The van der Waals surface area contributed by atoms with Gasteiger partial charge in [-0.25, -0.2) is 4.52 Å². The third-order valence-electron chi connectivity index (χ3n) is 6.36. The van der Waals surface area contributed by atoms with Gasteiger partial charge in [0.2, 0.25) is 5.91 Å².